The van der Waals surface area contributed by atoms with Gasteiger partial charge in [0.15, 0.2) is 0 Å². The van der Waals surface area contributed by atoms with Crippen molar-refractivity contribution in [2.75, 3.05) is 26.2 Å². The monoisotopic (exact) mass is 290 g/mol. The summed E-state index contributed by atoms with van der Waals surface area (Å²) in [6.45, 7) is 13.6. The maximum atomic E-state index is 3.62. The zero-order valence-electron chi connectivity index (χ0n) is 14.4. The van der Waals surface area contributed by atoms with E-state index in [4.69, 9.17) is 0 Å². The van der Waals surface area contributed by atoms with Crippen LogP contribution in [0.15, 0.2) is 30.3 Å². The van der Waals surface area contributed by atoms with Crippen LogP contribution in [-0.4, -0.2) is 31.1 Å². The summed E-state index contributed by atoms with van der Waals surface area (Å²) >= 11 is 0. The molecule has 0 amide bonds. The van der Waals surface area contributed by atoms with Crippen molar-refractivity contribution in [3.05, 3.63) is 35.9 Å². The average molecular weight is 290 g/mol. The van der Waals surface area contributed by atoms with E-state index in [1.54, 1.807) is 0 Å². The molecule has 120 valence electrons. The molecule has 1 atom stereocenters. The Bertz CT molecular complexity index is 346. The van der Waals surface area contributed by atoms with Crippen molar-refractivity contribution in [2.24, 2.45) is 5.92 Å². The lowest BCUT2D eigenvalue weighted by molar-refractivity contribution is 0.167. The third kappa shape index (κ3) is 6.19. The van der Waals surface area contributed by atoms with Crippen LogP contribution in [0.25, 0.3) is 0 Å². The second kappa shape index (κ2) is 10.8. The van der Waals surface area contributed by atoms with Gasteiger partial charge in [-0.1, -0.05) is 70.9 Å². The molecule has 0 aliphatic carbocycles. The number of nitrogens with one attached hydrogen (secondary N) is 1. The van der Waals surface area contributed by atoms with Crippen molar-refractivity contribution in [2.45, 2.75) is 53.0 Å². The highest BCUT2D eigenvalue weighted by Crippen LogP contribution is 2.22. The predicted molar refractivity (Wildman–Crippen MR) is 93.7 cm³/mol. The molecule has 0 heterocycles. The Kier molecular flexibility index (Phi) is 9.36. The normalized spacial score (nSPS) is 13.0. The molecule has 1 aromatic carbocycles. The van der Waals surface area contributed by atoms with Crippen LogP contribution in [0.4, 0.5) is 0 Å². The van der Waals surface area contributed by atoms with Crippen LogP contribution in [0, 0.1) is 5.92 Å². The van der Waals surface area contributed by atoms with Crippen molar-refractivity contribution >= 4 is 0 Å². The standard InChI is InChI=1S/C19H34N2/c1-5-14-20-15-19(18-12-10-9-11-13-18)21(8-4)16-17(6-2)7-3/h9-13,17,19-20H,5-8,14-16H2,1-4H3. The first kappa shape index (κ1) is 18.2. The van der Waals surface area contributed by atoms with Crippen molar-refractivity contribution in [1.82, 2.24) is 10.2 Å². The molecule has 1 unspecified atom stereocenters. The third-order valence-corrected chi connectivity index (χ3v) is 4.44. The van der Waals surface area contributed by atoms with E-state index in [-0.39, 0.29) is 0 Å². The minimum absolute atomic E-state index is 0.489. The van der Waals surface area contributed by atoms with Crippen LogP contribution < -0.4 is 5.32 Å². The van der Waals surface area contributed by atoms with E-state index in [0.29, 0.717) is 6.04 Å². The minimum Gasteiger partial charge on any atom is -0.315 e. The Morgan fingerprint density at radius 2 is 1.67 bits per heavy atom. The maximum absolute atomic E-state index is 3.62. The molecule has 0 bridgehead atoms. The van der Waals surface area contributed by atoms with E-state index in [9.17, 15) is 0 Å². The zero-order chi connectivity index (χ0) is 15.5. The molecule has 21 heavy (non-hydrogen) atoms. The van der Waals surface area contributed by atoms with E-state index in [1.165, 1.54) is 31.4 Å². The summed E-state index contributed by atoms with van der Waals surface area (Å²) in [6, 6.07) is 11.5. The molecule has 0 aliphatic heterocycles. The highest BCUT2D eigenvalue weighted by atomic mass is 15.2. The summed E-state index contributed by atoms with van der Waals surface area (Å²) in [7, 11) is 0. The SMILES string of the molecule is CCCNCC(c1ccccc1)N(CC)CC(CC)CC. The Labute approximate surface area is 131 Å². The van der Waals surface area contributed by atoms with Gasteiger partial charge in [-0.3, -0.25) is 4.90 Å². The first-order chi connectivity index (χ1) is 10.3. The molecule has 0 saturated carbocycles. The van der Waals surface area contributed by atoms with Gasteiger partial charge in [0, 0.05) is 19.1 Å². The summed E-state index contributed by atoms with van der Waals surface area (Å²) in [5, 5.41) is 3.62. The highest BCUT2D eigenvalue weighted by Gasteiger charge is 2.20. The van der Waals surface area contributed by atoms with E-state index >= 15 is 0 Å². The van der Waals surface area contributed by atoms with E-state index in [1.807, 2.05) is 0 Å². The summed E-state index contributed by atoms with van der Waals surface area (Å²) < 4.78 is 0. The molecule has 0 aromatic heterocycles. The van der Waals surface area contributed by atoms with E-state index in [2.05, 4.69) is 68.2 Å². The van der Waals surface area contributed by atoms with Gasteiger partial charge in [-0.2, -0.15) is 0 Å². The lowest BCUT2D eigenvalue weighted by Gasteiger charge is -2.34. The number of rotatable bonds is 11. The van der Waals surface area contributed by atoms with Gasteiger partial charge in [0.1, 0.15) is 0 Å². The van der Waals surface area contributed by atoms with Crippen LogP contribution in [-0.2, 0) is 0 Å². The molecule has 0 spiro atoms. The molecule has 0 radical (unpaired) electrons. The fraction of sp³-hybridized carbons (Fsp3) is 0.684. The van der Waals surface area contributed by atoms with Crippen molar-refractivity contribution in [3.63, 3.8) is 0 Å². The van der Waals surface area contributed by atoms with Crippen LogP contribution >= 0.6 is 0 Å². The fourth-order valence-corrected chi connectivity index (χ4v) is 2.90. The van der Waals surface area contributed by atoms with Gasteiger partial charge in [0.05, 0.1) is 0 Å². The van der Waals surface area contributed by atoms with E-state index in [0.717, 1.165) is 25.6 Å². The van der Waals surface area contributed by atoms with Gasteiger partial charge < -0.3 is 5.32 Å². The Morgan fingerprint density at radius 1 is 1.00 bits per heavy atom. The summed E-state index contributed by atoms with van der Waals surface area (Å²) in [5.74, 6) is 0.808. The van der Waals surface area contributed by atoms with Crippen molar-refractivity contribution in [3.8, 4) is 0 Å². The van der Waals surface area contributed by atoms with Gasteiger partial charge in [-0.25, -0.2) is 0 Å². The molecule has 1 rings (SSSR count). The second-order valence-electron chi connectivity index (χ2n) is 5.90. The Hall–Kier alpha value is -0.860. The molecule has 0 fully saturated rings. The largest absolute Gasteiger partial charge is 0.315 e. The van der Waals surface area contributed by atoms with Crippen LogP contribution in [0.5, 0.6) is 0 Å². The molecular weight excluding hydrogens is 256 g/mol. The van der Waals surface area contributed by atoms with Gasteiger partial charge in [-0.15, -0.1) is 0 Å². The van der Waals surface area contributed by atoms with Crippen LogP contribution in [0.3, 0.4) is 0 Å². The van der Waals surface area contributed by atoms with Crippen LogP contribution in [0.2, 0.25) is 0 Å². The lowest BCUT2D eigenvalue weighted by Crippen LogP contribution is -2.38. The first-order valence-corrected chi connectivity index (χ1v) is 8.76. The topological polar surface area (TPSA) is 15.3 Å². The number of hydrogen-bond acceptors (Lipinski definition) is 2. The van der Waals surface area contributed by atoms with Gasteiger partial charge >= 0.3 is 0 Å². The number of nitrogens with zero attached hydrogens (tertiary/aromatic N) is 1. The van der Waals surface area contributed by atoms with Crippen molar-refractivity contribution in [1.29, 1.82) is 0 Å². The van der Waals surface area contributed by atoms with Crippen molar-refractivity contribution < 1.29 is 0 Å². The number of likely N-dealkylation sites (N-methyl/N-ethyl adjacent to an activating group) is 1. The lowest BCUT2D eigenvalue weighted by atomic mass is 9.99. The zero-order valence-corrected chi connectivity index (χ0v) is 14.4. The first-order valence-electron chi connectivity index (χ1n) is 8.76. The quantitative estimate of drug-likeness (QED) is 0.604. The molecule has 0 aliphatic rings. The van der Waals surface area contributed by atoms with E-state index < -0.39 is 0 Å². The second-order valence-corrected chi connectivity index (χ2v) is 5.90. The third-order valence-electron chi connectivity index (χ3n) is 4.44. The Morgan fingerprint density at radius 3 is 2.19 bits per heavy atom. The molecule has 2 nitrogen and oxygen atoms in total. The fourth-order valence-electron chi connectivity index (χ4n) is 2.90. The van der Waals surface area contributed by atoms with Crippen LogP contribution in [0.1, 0.15) is 58.6 Å². The maximum Gasteiger partial charge on any atom is 0.0472 e. The summed E-state index contributed by atoms with van der Waals surface area (Å²) in [6.07, 6.45) is 3.74. The molecule has 1 N–H and O–H groups in total. The highest BCUT2D eigenvalue weighted by molar-refractivity contribution is 5.19. The molecule has 1 aromatic rings. The predicted octanol–water partition coefficient (Wildman–Crippen LogP) is 4.49. The smallest absolute Gasteiger partial charge is 0.0472 e. The molecule has 0 saturated heterocycles. The summed E-state index contributed by atoms with van der Waals surface area (Å²) in [5.41, 5.74) is 1.44. The summed E-state index contributed by atoms with van der Waals surface area (Å²) in [4.78, 5) is 2.65. The van der Waals surface area contributed by atoms with Gasteiger partial charge in [0.2, 0.25) is 0 Å². The average Bonchev–Trinajstić information content (AvgIpc) is 2.54. The number of benzene rings is 1. The Balaban J connectivity index is 2.81. The molecular formula is C19H34N2. The van der Waals surface area contributed by atoms with Gasteiger partial charge in [-0.05, 0) is 31.0 Å². The van der Waals surface area contributed by atoms with Gasteiger partial charge in [0.25, 0.3) is 0 Å². The number of hydrogen-bond donors (Lipinski definition) is 1. The molecule has 2 heteroatoms. The minimum atomic E-state index is 0.489.